The first-order chi connectivity index (χ1) is 6.83. The summed E-state index contributed by atoms with van der Waals surface area (Å²) in [6.07, 6.45) is 0. The maximum absolute atomic E-state index is 11.5. The summed E-state index contributed by atoms with van der Waals surface area (Å²) in [5.41, 5.74) is 0.696. The van der Waals surface area contributed by atoms with E-state index in [9.17, 15) is 4.79 Å². The molecule has 2 heteroatoms. The molecule has 1 amide bonds. The van der Waals surface area contributed by atoms with Gasteiger partial charge in [-0.3, -0.25) is 4.79 Å². The van der Waals surface area contributed by atoms with Crippen molar-refractivity contribution in [2.75, 3.05) is 7.05 Å². The number of hydrogen-bond donors (Lipinski definition) is 1. The SMILES string of the molecule is CNC(=O)c1cccc2[c]cccc12. The molecule has 14 heavy (non-hydrogen) atoms. The van der Waals surface area contributed by atoms with Crippen LogP contribution in [0.5, 0.6) is 0 Å². The van der Waals surface area contributed by atoms with Crippen molar-refractivity contribution in [1.29, 1.82) is 0 Å². The minimum atomic E-state index is -0.0600. The first kappa shape index (κ1) is 8.75. The Kier molecular flexibility index (Phi) is 2.19. The molecule has 0 saturated carbocycles. The van der Waals surface area contributed by atoms with Crippen LogP contribution >= 0.6 is 0 Å². The van der Waals surface area contributed by atoms with Gasteiger partial charge in [0.05, 0.1) is 0 Å². The number of rotatable bonds is 1. The highest BCUT2D eigenvalue weighted by atomic mass is 16.1. The van der Waals surface area contributed by atoms with Gasteiger partial charge in [0.25, 0.3) is 5.91 Å². The van der Waals surface area contributed by atoms with E-state index >= 15 is 0 Å². The Morgan fingerprint density at radius 3 is 2.93 bits per heavy atom. The zero-order valence-electron chi connectivity index (χ0n) is 7.87. The molecule has 2 rings (SSSR count). The third-order valence-electron chi connectivity index (χ3n) is 2.18. The van der Waals surface area contributed by atoms with Crippen molar-refractivity contribution in [3.63, 3.8) is 0 Å². The topological polar surface area (TPSA) is 29.1 Å². The average Bonchev–Trinajstić information content (AvgIpc) is 2.27. The maximum Gasteiger partial charge on any atom is 0.251 e. The van der Waals surface area contributed by atoms with E-state index in [4.69, 9.17) is 0 Å². The van der Waals surface area contributed by atoms with Crippen LogP contribution in [0.2, 0.25) is 0 Å². The molecule has 0 fully saturated rings. The molecule has 0 aliphatic carbocycles. The fourth-order valence-electron chi connectivity index (χ4n) is 1.49. The second kappa shape index (κ2) is 3.50. The third kappa shape index (κ3) is 1.35. The molecule has 2 aromatic rings. The van der Waals surface area contributed by atoms with E-state index < -0.39 is 0 Å². The summed E-state index contributed by atoms with van der Waals surface area (Å²) in [4.78, 5) is 11.5. The second-order valence-corrected chi connectivity index (χ2v) is 3.02. The summed E-state index contributed by atoms with van der Waals surface area (Å²) in [7, 11) is 1.63. The Morgan fingerprint density at radius 2 is 2.14 bits per heavy atom. The minimum Gasteiger partial charge on any atom is -0.355 e. The number of benzene rings is 2. The molecule has 0 saturated heterocycles. The van der Waals surface area contributed by atoms with Gasteiger partial charge in [0, 0.05) is 12.6 Å². The van der Waals surface area contributed by atoms with Crippen LogP contribution in [-0.2, 0) is 0 Å². The predicted molar refractivity (Wildman–Crippen MR) is 56.2 cm³/mol. The molecule has 0 aromatic heterocycles. The van der Waals surface area contributed by atoms with Crippen LogP contribution in [-0.4, -0.2) is 13.0 Å². The number of carbonyl (C=O) groups excluding carboxylic acids is 1. The quantitative estimate of drug-likeness (QED) is 0.721. The number of amides is 1. The second-order valence-electron chi connectivity index (χ2n) is 3.02. The van der Waals surface area contributed by atoms with Crippen LogP contribution < -0.4 is 5.32 Å². The maximum atomic E-state index is 11.5. The summed E-state index contributed by atoms with van der Waals surface area (Å²) in [6.45, 7) is 0. The lowest BCUT2D eigenvalue weighted by Crippen LogP contribution is -2.17. The van der Waals surface area contributed by atoms with E-state index in [1.165, 1.54) is 0 Å². The van der Waals surface area contributed by atoms with Crippen LogP contribution in [0.25, 0.3) is 10.8 Å². The lowest BCUT2D eigenvalue weighted by Gasteiger charge is -2.03. The summed E-state index contributed by atoms with van der Waals surface area (Å²) >= 11 is 0. The van der Waals surface area contributed by atoms with E-state index in [2.05, 4.69) is 11.4 Å². The Balaban J connectivity index is 2.71. The van der Waals surface area contributed by atoms with Gasteiger partial charge in [0.15, 0.2) is 0 Å². The molecule has 1 N–H and O–H groups in total. The van der Waals surface area contributed by atoms with Gasteiger partial charge in [-0.15, -0.1) is 0 Å². The molecule has 69 valence electrons. The van der Waals surface area contributed by atoms with Crippen molar-refractivity contribution in [3.8, 4) is 0 Å². The number of nitrogens with one attached hydrogen (secondary N) is 1. The summed E-state index contributed by atoms with van der Waals surface area (Å²) in [5.74, 6) is -0.0600. The minimum absolute atomic E-state index is 0.0600. The lowest BCUT2D eigenvalue weighted by atomic mass is 10.0. The van der Waals surface area contributed by atoms with Crippen LogP contribution in [0.1, 0.15) is 10.4 Å². The van der Waals surface area contributed by atoms with E-state index in [-0.39, 0.29) is 5.91 Å². The first-order valence-electron chi connectivity index (χ1n) is 4.44. The van der Waals surface area contributed by atoms with Gasteiger partial charge in [-0.25, -0.2) is 0 Å². The molecule has 2 aromatic carbocycles. The highest BCUT2D eigenvalue weighted by molar-refractivity contribution is 6.06. The Bertz CT molecular complexity index is 471. The van der Waals surface area contributed by atoms with Crippen molar-refractivity contribution in [3.05, 3.63) is 48.0 Å². The van der Waals surface area contributed by atoms with Crippen molar-refractivity contribution in [1.82, 2.24) is 5.32 Å². The molecule has 0 bridgehead atoms. The van der Waals surface area contributed by atoms with Gasteiger partial charge in [-0.1, -0.05) is 30.3 Å². The largest absolute Gasteiger partial charge is 0.355 e. The molecule has 1 radical (unpaired) electrons. The predicted octanol–water partition coefficient (Wildman–Crippen LogP) is 2.00. The molecule has 2 nitrogen and oxygen atoms in total. The summed E-state index contributed by atoms with van der Waals surface area (Å²) in [6, 6.07) is 14.4. The zero-order chi connectivity index (χ0) is 9.97. The van der Waals surface area contributed by atoms with Crippen molar-refractivity contribution >= 4 is 16.7 Å². The van der Waals surface area contributed by atoms with Gasteiger partial charge >= 0.3 is 0 Å². The molecule has 0 unspecified atom stereocenters. The normalized spacial score (nSPS) is 10.1. The standard InChI is InChI=1S/C12H10NO/c1-13-12(14)11-8-4-6-9-5-2-3-7-10(9)11/h2-4,6-8H,1H3,(H,13,14). The van der Waals surface area contributed by atoms with Crippen LogP contribution in [0.4, 0.5) is 0 Å². The van der Waals surface area contributed by atoms with E-state index in [1.807, 2.05) is 36.4 Å². The molecule has 0 aliphatic rings. The Hall–Kier alpha value is -1.83. The molecular weight excluding hydrogens is 174 g/mol. The monoisotopic (exact) mass is 184 g/mol. The molecular formula is C12H10NO. The van der Waals surface area contributed by atoms with Crippen molar-refractivity contribution < 1.29 is 4.79 Å². The fourth-order valence-corrected chi connectivity index (χ4v) is 1.49. The van der Waals surface area contributed by atoms with E-state index in [0.29, 0.717) is 5.56 Å². The summed E-state index contributed by atoms with van der Waals surface area (Å²) in [5, 5.41) is 4.53. The smallest absolute Gasteiger partial charge is 0.251 e. The van der Waals surface area contributed by atoms with Crippen molar-refractivity contribution in [2.45, 2.75) is 0 Å². The van der Waals surface area contributed by atoms with Gasteiger partial charge in [0.1, 0.15) is 0 Å². The Labute approximate surface area is 82.6 Å². The Morgan fingerprint density at radius 1 is 1.29 bits per heavy atom. The molecule has 0 aliphatic heterocycles. The number of fused-ring (bicyclic) bond motifs is 1. The van der Waals surface area contributed by atoms with Gasteiger partial charge in [-0.05, 0) is 22.9 Å². The number of hydrogen-bond acceptors (Lipinski definition) is 1. The highest BCUT2D eigenvalue weighted by Crippen LogP contribution is 2.17. The van der Waals surface area contributed by atoms with Crippen molar-refractivity contribution in [2.24, 2.45) is 0 Å². The molecule has 0 atom stereocenters. The molecule has 0 heterocycles. The van der Waals surface area contributed by atoms with Crippen LogP contribution in [0.15, 0.2) is 36.4 Å². The number of carbonyl (C=O) groups is 1. The third-order valence-corrected chi connectivity index (χ3v) is 2.18. The highest BCUT2D eigenvalue weighted by Gasteiger charge is 2.06. The first-order valence-corrected chi connectivity index (χ1v) is 4.44. The summed E-state index contributed by atoms with van der Waals surface area (Å²) < 4.78 is 0. The fraction of sp³-hybridized carbons (Fsp3) is 0.0833. The average molecular weight is 184 g/mol. The van der Waals surface area contributed by atoms with E-state index in [1.54, 1.807) is 7.05 Å². The van der Waals surface area contributed by atoms with Crippen LogP contribution in [0.3, 0.4) is 0 Å². The van der Waals surface area contributed by atoms with Gasteiger partial charge in [0.2, 0.25) is 0 Å². The van der Waals surface area contributed by atoms with Gasteiger partial charge in [-0.2, -0.15) is 0 Å². The van der Waals surface area contributed by atoms with E-state index in [0.717, 1.165) is 10.8 Å². The lowest BCUT2D eigenvalue weighted by molar-refractivity contribution is 0.0965. The molecule has 0 spiro atoms. The van der Waals surface area contributed by atoms with Crippen LogP contribution in [0, 0.1) is 6.07 Å². The van der Waals surface area contributed by atoms with Gasteiger partial charge < -0.3 is 5.32 Å². The zero-order valence-corrected chi connectivity index (χ0v) is 7.87.